The van der Waals surface area contributed by atoms with Crippen molar-refractivity contribution in [3.63, 3.8) is 0 Å². The summed E-state index contributed by atoms with van der Waals surface area (Å²) in [5.41, 5.74) is 1.12. The average molecular weight is 527 g/mol. The smallest absolute Gasteiger partial charge is 0.309 e. The molecule has 2 amide bonds. The lowest BCUT2D eigenvalue weighted by atomic mass is 9.84. The zero-order chi connectivity index (χ0) is 27.2. The van der Waals surface area contributed by atoms with Gasteiger partial charge in [-0.3, -0.25) is 14.4 Å². The van der Waals surface area contributed by atoms with Gasteiger partial charge in [-0.2, -0.15) is 0 Å². The summed E-state index contributed by atoms with van der Waals surface area (Å²) < 4.78 is 5.88. The number of amides is 2. The van der Waals surface area contributed by atoms with Crippen LogP contribution in [0.3, 0.4) is 0 Å². The lowest BCUT2D eigenvalue weighted by molar-refractivity contribution is -0.150. The Kier molecular flexibility index (Phi) is 12.8. The molecule has 2 aliphatic rings. The Bertz CT molecular complexity index is 897. The monoisotopic (exact) mass is 526 g/mol. The van der Waals surface area contributed by atoms with Crippen LogP contribution in [-0.2, 0) is 25.5 Å². The van der Waals surface area contributed by atoms with Crippen LogP contribution < -0.4 is 10.6 Å². The van der Waals surface area contributed by atoms with Gasteiger partial charge in [-0.05, 0) is 56.9 Å². The highest BCUT2D eigenvalue weighted by atomic mass is 16.5. The predicted molar refractivity (Wildman–Crippen MR) is 148 cm³/mol. The molecule has 0 radical (unpaired) electrons. The molecule has 0 saturated heterocycles. The van der Waals surface area contributed by atoms with Crippen molar-refractivity contribution in [1.29, 1.82) is 0 Å². The molecule has 1 heterocycles. The van der Waals surface area contributed by atoms with Crippen molar-refractivity contribution in [3.05, 3.63) is 48.0 Å². The number of nitrogens with one attached hydrogen (secondary N) is 2. The van der Waals surface area contributed by atoms with E-state index in [-0.39, 0.29) is 55.4 Å². The zero-order valence-electron chi connectivity index (χ0n) is 22.9. The van der Waals surface area contributed by atoms with Crippen LogP contribution in [0.2, 0.25) is 0 Å². The summed E-state index contributed by atoms with van der Waals surface area (Å²) >= 11 is 0. The van der Waals surface area contributed by atoms with Crippen LogP contribution in [0.4, 0.5) is 0 Å². The number of carbonyl (C=O) groups is 3. The van der Waals surface area contributed by atoms with E-state index in [1.807, 2.05) is 42.5 Å². The van der Waals surface area contributed by atoms with Crippen LogP contribution in [0.25, 0.3) is 0 Å². The number of hydrogen-bond donors (Lipinski definition) is 3. The average Bonchev–Trinajstić information content (AvgIpc) is 2.92. The molecule has 1 aromatic rings. The number of carbonyl (C=O) groups excluding carboxylic acids is 3. The Morgan fingerprint density at radius 2 is 1.82 bits per heavy atom. The molecule has 4 atom stereocenters. The van der Waals surface area contributed by atoms with E-state index in [1.165, 1.54) is 19.3 Å². The lowest BCUT2D eigenvalue weighted by Gasteiger charge is -2.29. The molecule has 7 nitrogen and oxygen atoms in total. The van der Waals surface area contributed by atoms with Gasteiger partial charge in [0.1, 0.15) is 6.61 Å². The molecular formula is C31H46N2O5. The van der Waals surface area contributed by atoms with Crippen molar-refractivity contribution >= 4 is 17.8 Å². The first kappa shape index (κ1) is 29.9. The molecule has 1 fully saturated rings. The second-order valence-electron chi connectivity index (χ2n) is 11.2. The van der Waals surface area contributed by atoms with Crippen molar-refractivity contribution in [2.45, 2.75) is 96.1 Å². The number of ether oxygens (including phenoxy) is 1. The van der Waals surface area contributed by atoms with Crippen molar-refractivity contribution in [2.24, 2.45) is 17.8 Å². The predicted octanol–water partition coefficient (Wildman–Crippen LogP) is 4.48. The first-order valence-electron chi connectivity index (χ1n) is 14.5. The second-order valence-corrected chi connectivity index (χ2v) is 11.2. The Labute approximate surface area is 227 Å². The van der Waals surface area contributed by atoms with Gasteiger partial charge in [0.15, 0.2) is 0 Å². The summed E-state index contributed by atoms with van der Waals surface area (Å²) in [6.45, 7) is 1.73. The van der Waals surface area contributed by atoms with E-state index in [0.29, 0.717) is 18.8 Å². The molecule has 4 unspecified atom stereocenters. The third kappa shape index (κ3) is 10.6. The Hall–Kier alpha value is -2.67. The van der Waals surface area contributed by atoms with E-state index in [2.05, 4.69) is 10.6 Å². The molecule has 1 aliphatic carbocycles. The number of hydrogen-bond acceptors (Lipinski definition) is 5. The third-order valence-electron chi connectivity index (χ3n) is 7.77. The lowest BCUT2D eigenvalue weighted by Crippen LogP contribution is -2.45. The van der Waals surface area contributed by atoms with Gasteiger partial charge in [0.25, 0.3) is 0 Å². The maximum absolute atomic E-state index is 13.4. The molecule has 0 spiro atoms. The topological polar surface area (TPSA) is 105 Å². The fourth-order valence-electron chi connectivity index (χ4n) is 5.56. The van der Waals surface area contributed by atoms with Crippen molar-refractivity contribution in [3.8, 4) is 0 Å². The number of esters is 1. The fourth-order valence-corrected chi connectivity index (χ4v) is 5.56. The molecule has 7 heteroatoms. The van der Waals surface area contributed by atoms with Gasteiger partial charge in [0, 0.05) is 12.5 Å². The molecular weight excluding hydrogens is 480 g/mol. The van der Waals surface area contributed by atoms with E-state index < -0.39 is 5.92 Å². The van der Waals surface area contributed by atoms with E-state index in [1.54, 1.807) is 6.92 Å². The highest BCUT2D eigenvalue weighted by Crippen LogP contribution is 2.28. The molecule has 1 saturated carbocycles. The molecule has 3 rings (SSSR count). The van der Waals surface area contributed by atoms with Gasteiger partial charge in [0.05, 0.1) is 24.5 Å². The fraction of sp³-hybridized carbons (Fsp3) is 0.645. The zero-order valence-corrected chi connectivity index (χ0v) is 22.9. The van der Waals surface area contributed by atoms with Crippen LogP contribution in [-0.4, -0.2) is 48.2 Å². The van der Waals surface area contributed by atoms with Crippen molar-refractivity contribution in [1.82, 2.24) is 10.6 Å². The molecule has 1 aromatic carbocycles. The molecule has 0 bridgehead atoms. The highest BCUT2D eigenvalue weighted by molar-refractivity contribution is 5.86. The minimum atomic E-state index is -0.518. The van der Waals surface area contributed by atoms with E-state index in [4.69, 9.17) is 4.74 Å². The summed E-state index contributed by atoms with van der Waals surface area (Å²) in [4.78, 5) is 39.2. The second kappa shape index (κ2) is 16.3. The summed E-state index contributed by atoms with van der Waals surface area (Å²) in [5, 5.41) is 15.2. The van der Waals surface area contributed by atoms with Crippen LogP contribution in [0.15, 0.2) is 42.5 Å². The summed E-state index contributed by atoms with van der Waals surface area (Å²) in [6.07, 6.45) is 14.3. The number of benzene rings is 1. The molecule has 1 aliphatic heterocycles. The number of rotatable bonds is 8. The summed E-state index contributed by atoms with van der Waals surface area (Å²) in [5.74, 6) is -0.873. The quantitative estimate of drug-likeness (QED) is 0.342. The van der Waals surface area contributed by atoms with Crippen LogP contribution in [0.5, 0.6) is 0 Å². The molecule has 210 valence electrons. The standard InChI is InChI=1S/C31H46N2O5/c1-23(21-34)32-29(35)20-26-16-10-2-3-11-17-27(18-24-12-6-4-7-13-24)31(37)38-22-28(33-30(26)36)19-25-14-8-5-9-15-25/h2,4,6-7,10,12-13,23,25-28,34H,3,5,8-9,11,14-22H2,1H3,(H,32,35)(H,33,36). The van der Waals surface area contributed by atoms with Gasteiger partial charge < -0.3 is 20.5 Å². The van der Waals surface area contributed by atoms with Crippen LogP contribution in [0, 0.1) is 17.8 Å². The number of cyclic esters (lactones) is 1. The molecule has 3 N–H and O–H groups in total. The first-order valence-corrected chi connectivity index (χ1v) is 14.5. The minimum absolute atomic E-state index is 0.0512. The van der Waals surface area contributed by atoms with Gasteiger partial charge >= 0.3 is 5.97 Å². The third-order valence-corrected chi connectivity index (χ3v) is 7.77. The van der Waals surface area contributed by atoms with Gasteiger partial charge in [-0.15, -0.1) is 0 Å². The van der Waals surface area contributed by atoms with Crippen LogP contribution in [0.1, 0.15) is 83.1 Å². The Morgan fingerprint density at radius 1 is 1.05 bits per heavy atom. The van der Waals surface area contributed by atoms with E-state index in [9.17, 15) is 19.5 Å². The Balaban J connectivity index is 1.73. The van der Waals surface area contributed by atoms with Crippen LogP contribution >= 0.6 is 0 Å². The summed E-state index contributed by atoms with van der Waals surface area (Å²) in [6, 6.07) is 9.41. The van der Waals surface area contributed by atoms with Crippen molar-refractivity contribution in [2.75, 3.05) is 13.2 Å². The number of aliphatic hydroxyl groups is 1. The molecule has 0 aromatic heterocycles. The first-order chi connectivity index (χ1) is 18.4. The maximum atomic E-state index is 13.4. The van der Waals surface area contributed by atoms with Crippen molar-refractivity contribution < 1.29 is 24.2 Å². The van der Waals surface area contributed by atoms with E-state index in [0.717, 1.165) is 44.1 Å². The van der Waals surface area contributed by atoms with E-state index >= 15 is 0 Å². The highest BCUT2D eigenvalue weighted by Gasteiger charge is 2.28. The van der Waals surface area contributed by atoms with Gasteiger partial charge in [-0.1, -0.05) is 74.6 Å². The SMILES string of the molecule is CC(CO)NC(=O)CC1CC=CCCCC(Cc2ccccc2)C(=O)OCC(CC2CCCCC2)NC1=O. The summed E-state index contributed by atoms with van der Waals surface area (Å²) in [7, 11) is 0. The largest absolute Gasteiger partial charge is 0.463 e. The number of allylic oxidation sites excluding steroid dienone is 2. The minimum Gasteiger partial charge on any atom is -0.463 e. The van der Waals surface area contributed by atoms with Gasteiger partial charge in [-0.25, -0.2) is 0 Å². The molecule has 38 heavy (non-hydrogen) atoms. The van der Waals surface area contributed by atoms with Gasteiger partial charge in [0.2, 0.25) is 11.8 Å². The Morgan fingerprint density at radius 3 is 2.55 bits per heavy atom. The maximum Gasteiger partial charge on any atom is 0.309 e. The normalized spacial score (nSPS) is 25.1. The number of aliphatic hydroxyl groups excluding tert-OH is 1.